The van der Waals surface area contributed by atoms with Crippen molar-refractivity contribution >= 4 is 11.8 Å². The summed E-state index contributed by atoms with van der Waals surface area (Å²) < 4.78 is 4.68. The van der Waals surface area contributed by atoms with Gasteiger partial charge in [0.05, 0.1) is 12.7 Å². The van der Waals surface area contributed by atoms with Crippen molar-refractivity contribution in [1.82, 2.24) is 0 Å². The van der Waals surface area contributed by atoms with E-state index in [2.05, 4.69) is 4.74 Å². The van der Waals surface area contributed by atoms with Gasteiger partial charge in [0.1, 0.15) is 5.75 Å². The van der Waals surface area contributed by atoms with Crippen LogP contribution in [-0.4, -0.2) is 24.0 Å². The number of ether oxygens (including phenoxy) is 1. The Morgan fingerprint density at radius 3 is 2.33 bits per heavy atom. The molecule has 0 aromatic heterocycles. The quantitative estimate of drug-likeness (QED) is 0.692. The highest BCUT2D eigenvalue weighted by molar-refractivity contribution is 6.01. The minimum Gasteiger partial charge on any atom is -0.508 e. The fourth-order valence-corrected chi connectivity index (χ4v) is 2.08. The maximum absolute atomic E-state index is 12.4. The van der Waals surface area contributed by atoms with Crippen molar-refractivity contribution in [3.8, 4) is 5.75 Å². The van der Waals surface area contributed by atoms with Crippen LogP contribution in [0.4, 0.5) is 0 Å². The topological polar surface area (TPSA) is 63.6 Å². The first-order valence-corrected chi connectivity index (χ1v) is 6.54. The minimum absolute atomic E-state index is 0.0722. The van der Waals surface area contributed by atoms with Crippen LogP contribution < -0.4 is 0 Å². The zero-order valence-electron chi connectivity index (χ0n) is 11.9. The summed E-state index contributed by atoms with van der Waals surface area (Å²) in [6.45, 7) is 1.78. The second-order valence-electron chi connectivity index (χ2n) is 4.75. The number of ketones is 1. The Bertz CT molecular complexity index is 659. The zero-order valence-corrected chi connectivity index (χ0v) is 11.9. The molecule has 108 valence electrons. The van der Waals surface area contributed by atoms with Crippen molar-refractivity contribution in [1.29, 1.82) is 0 Å². The van der Waals surface area contributed by atoms with E-state index in [9.17, 15) is 14.7 Å². The number of carbonyl (C=O) groups excluding carboxylic acids is 2. The molecule has 4 nitrogen and oxygen atoms in total. The van der Waals surface area contributed by atoms with Crippen LogP contribution in [0.5, 0.6) is 5.75 Å². The van der Waals surface area contributed by atoms with Crippen LogP contribution in [0.2, 0.25) is 0 Å². The Morgan fingerprint density at radius 2 is 1.71 bits per heavy atom. The van der Waals surface area contributed by atoms with Gasteiger partial charge in [0.25, 0.3) is 0 Å². The van der Waals surface area contributed by atoms with Crippen LogP contribution in [0.15, 0.2) is 48.5 Å². The Kier molecular flexibility index (Phi) is 4.38. The van der Waals surface area contributed by atoms with Gasteiger partial charge < -0.3 is 9.84 Å². The lowest BCUT2D eigenvalue weighted by atomic mass is 9.91. The van der Waals surface area contributed by atoms with Crippen LogP contribution in [0.3, 0.4) is 0 Å². The molecular formula is C17H16O4. The van der Waals surface area contributed by atoms with Gasteiger partial charge in [0, 0.05) is 11.5 Å². The second-order valence-corrected chi connectivity index (χ2v) is 4.75. The fourth-order valence-electron chi connectivity index (χ4n) is 2.08. The molecule has 0 amide bonds. The number of carbonyl (C=O) groups is 2. The van der Waals surface area contributed by atoms with Crippen LogP contribution in [0.1, 0.15) is 39.1 Å². The van der Waals surface area contributed by atoms with Crippen LogP contribution in [0, 0.1) is 0 Å². The molecule has 0 saturated carbocycles. The average Bonchev–Trinajstić information content (AvgIpc) is 2.53. The molecule has 21 heavy (non-hydrogen) atoms. The second kappa shape index (κ2) is 6.22. The molecule has 2 aromatic rings. The van der Waals surface area contributed by atoms with Crippen molar-refractivity contribution < 1.29 is 19.4 Å². The van der Waals surface area contributed by atoms with Gasteiger partial charge in [-0.25, -0.2) is 4.79 Å². The molecule has 0 aliphatic rings. The lowest BCUT2D eigenvalue weighted by molar-refractivity contribution is 0.0600. The Balaban J connectivity index is 2.27. The van der Waals surface area contributed by atoms with Gasteiger partial charge in [-0.2, -0.15) is 0 Å². The molecule has 1 atom stereocenters. The van der Waals surface area contributed by atoms with Crippen molar-refractivity contribution in [2.24, 2.45) is 0 Å². The number of methoxy groups -OCH3 is 1. The molecular weight excluding hydrogens is 268 g/mol. The highest BCUT2D eigenvalue weighted by atomic mass is 16.5. The largest absolute Gasteiger partial charge is 0.508 e. The molecule has 2 rings (SSSR count). The summed E-state index contributed by atoms with van der Waals surface area (Å²) in [5.41, 5.74) is 1.68. The molecule has 2 aromatic carbocycles. The van der Waals surface area contributed by atoms with E-state index in [0.29, 0.717) is 11.1 Å². The van der Waals surface area contributed by atoms with E-state index in [1.54, 1.807) is 43.3 Å². The molecule has 1 unspecified atom stereocenters. The number of aromatic hydroxyl groups is 1. The normalized spacial score (nSPS) is 11.7. The number of Topliss-reactive ketones (excluding diaryl/α,β-unsaturated/α-hetero) is 1. The smallest absolute Gasteiger partial charge is 0.337 e. The molecule has 0 saturated heterocycles. The molecule has 0 bridgehead atoms. The van der Waals surface area contributed by atoms with Crippen molar-refractivity contribution in [3.63, 3.8) is 0 Å². The molecule has 0 aliphatic carbocycles. The SMILES string of the molecule is COC(=O)c1cccc(C(C)C(=O)c2ccc(O)cc2)c1. The number of benzene rings is 2. The van der Waals surface area contributed by atoms with Crippen molar-refractivity contribution in [3.05, 3.63) is 65.2 Å². The average molecular weight is 284 g/mol. The van der Waals surface area contributed by atoms with Gasteiger partial charge in [0.15, 0.2) is 5.78 Å². The highest BCUT2D eigenvalue weighted by Gasteiger charge is 2.18. The fraction of sp³-hybridized carbons (Fsp3) is 0.176. The lowest BCUT2D eigenvalue weighted by Gasteiger charge is -2.12. The molecule has 4 heteroatoms. The molecule has 0 spiro atoms. The standard InChI is InChI=1S/C17H16O4/c1-11(16(19)12-6-8-15(18)9-7-12)13-4-3-5-14(10-13)17(20)21-2/h3-11,18H,1-2H3. The first-order valence-electron chi connectivity index (χ1n) is 6.54. The number of phenolic OH excluding ortho intramolecular Hbond substituents is 1. The third-order valence-electron chi connectivity index (χ3n) is 3.35. The molecule has 1 N–H and O–H groups in total. The molecule has 0 fully saturated rings. The van der Waals surface area contributed by atoms with Gasteiger partial charge in [-0.1, -0.05) is 19.1 Å². The minimum atomic E-state index is -0.430. The van der Waals surface area contributed by atoms with Gasteiger partial charge in [0.2, 0.25) is 0 Å². The van der Waals surface area contributed by atoms with E-state index in [4.69, 9.17) is 0 Å². The van der Waals surface area contributed by atoms with Crippen LogP contribution in [0.25, 0.3) is 0 Å². The third-order valence-corrected chi connectivity index (χ3v) is 3.35. The number of phenols is 1. The predicted octanol–water partition coefficient (Wildman–Crippen LogP) is 3.17. The van der Waals surface area contributed by atoms with E-state index >= 15 is 0 Å². The summed E-state index contributed by atoms with van der Waals surface area (Å²) in [6.07, 6.45) is 0. The summed E-state index contributed by atoms with van der Waals surface area (Å²) in [6, 6.07) is 13.0. The van der Waals surface area contributed by atoms with Crippen molar-refractivity contribution in [2.75, 3.05) is 7.11 Å². The predicted molar refractivity (Wildman–Crippen MR) is 78.6 cm³/mol. The monoisotopic (exact) mass is 284 g/mol. The molecule has 0 radical (unpaired) electrons. The Hall–Kier alpha value is -2.62. The summed E-state index contributed by atoms with van der Waals surface area (Å²) >= 11 is 0. The Labute approximate surface area is 123 Å². The summed E-state index contributed by atoms with van der Waals surface area (Å²) in [5, 5.41) is 9.26. The number of hydrogen-bond acceptors (Lipinski definition) is 4. The summed E-state index contributed by atoms with van der Waals surface area (Å²) in [4.78, 5) is 23.9. The Morgan fingerprint density at radius 1 is 1.05 bits per heavy atom. The highest BCUT2D eigenvalue weighted by Crippen LogP contribution is 2.22. The summed E-state index contributed by atoms with van der Waals surface area (Å²) in [7, 11) is 1.32. The van der Waals surface area contributed by atoms with E-state index in [1.165, 1.54) is 19.2 Å². The third kappa shape index (κ3) is 3.28. The number of esters is 1. The van der Waals surface area contributed by atoms with Crippen molar-refractivity contribution in [2.45, 2.75) is 12.8 Å². The van der Waals surface area contributed by atoms with Crippen LogP contribution in [-0.2, 0) is 4.74 Å². The van der Waals surface area contributed by atoms with E-state index in [-0.39, 0.29) is 17.5 Å². The zero-order chi connectivity index (χ0) is 15.4. The maximum atomic E-state index is 12.4. The first-order chi connectivity index (χ1) is 10.0. The van der Waals surface area contributed by atoms with E-state index in [1.807, 2.05) is 0 Å². The number of rotatable bonds is 4. The number of hydrogen-bond donors (Lipinski definition) is 1. The molecule has 0 heterocycles. The van der Waals surface area contributed by atoms with Gasteiger partial charge in [-0.05, 0) is 42.0 Å². The van der Waals surface area contributed by atoms with Gasteiger partial charge >= 0.3 is 5.97 Å². The maximum Gasteiger partial charge on any atom is 0.337 e. The summed E-state index contributed by atoms with van der Waals surface area (Å²) in [5.74, 6) is -0.774. The van der Waals surface area contributed by atoms with E-state index in [0.717, 1.165) is 5.56 Å². The van der Waals surface area contributed by atoms with E-state index < -0.39 is 5.97 Å². The van der Waals surface area contributed by atoms with Crippen LogP contribution >= 0.6 is 0 Å². The molecule has 0 aliphatic heterocycles. The van der Waals surface area contributed by atoms with Gasteiger partial charge in [-0.3, -0.25) is 4.79 Å². The van der Waals surface area contributed by atoms with Gasteiger partial charge in [-0.15, -0.1) is 0 Å². The first kappa shape index (κ1) is 14.8. The lowest BCUT2D eigenvalue weighted by Crippen LogP contribution is -2.11.